The van der Waals surface area contributed by atoms with Crippen molar-refractivity contribution in [1.82, 2.24) is 5.32 Å². The van der Waals surface area contributed by atoms with Crippen LogP contribution in [0.2, 0.25) is 0 Å². The molecule has 6 heteroatoms. The predicted molar refractivity (Wildman–Crippen MR) is 64.8 cm³/mol. The third-order valence-electron chi connectivity index (χ3n) is 2.24. The predicted octanol–water partition coefficient (Wildman–Crippen LogP) is 0.811. The number of furan rings is 1. The summed E-state index contributed by atoms with van der Waals surface area (Å²) in [6.45, 7) is 2.79. The minimum Gasteiger partial charge on any atom is -0.466 e. The van der Waals surface area contributed by atoms with Crippen molar-refractivity contribution in [2.45, 2.75) is 26.3 Å². The molecule has 0 radical (unpaired) electrons. The molecule has 0 aliphatic carbocycles. The van der Waals surface area contributed by atoms with E-state index in [2.05, 4.69) is 5.32 Å². The normalized spacial score (nSPS) is 10.1. The van der Waals surface area contributed by atoms with Gasteiger partial charge in [0.25, 0.3) is 5.91 Å². The number of carbonyl (C=O) groups excluding carboxylic acids is 2. The van der Waals surface area contributed by atoms with Gasteiger partial charge in [-0.1, -0.05) is 0 Å². The summed E-state index contributed by atoms with van der Waals surface area (Å²) in [6, 6.07) is 3.23. The molecule has 1 amide bonds. The van der Waals surface area contributed by atoms with Crippen LogP contribution in [0.15, 0.2) is 16.5 Å². The molecule has 0 aliphatic heterocycles. The smallest absolute Gasteiger partial charge is 0.305 e. The molecule has 0 spiro atoms. The lowest BCUT2D eigenvalue weighted by atomic mass is 10.3. The molecule has 6 nitrogen and oxygen atoms in total. The lowest BCUT2D eigenvalue weighted by Gasteiger charge is -2.03. The Morgan fingerprint density at radius 1 is 1.44 bits per heavy atom. The highest BCUT2D eigenvalue weighted by molar-refractivity contribution is 5.91. The van der Waals surface area contributed by atoms with Crippen molar-refractivity contribution in [3.05, 3.63) is 23.7 Å². The van der Waals surface area contributed by atoms with Gasteiger partial charge in [-0.05, 0) is 25.5 Å². The summed E-state index contributed by atoms with van der Waals surface area (Å²) < 4.78 is 9.95. The fraction of sp³-hybridized carbons (Fsp3) is 0.500. The van der Waals surface area contributed by atoms with E-state index in [1.807, 2.05) is 0 Å². The van der Waals surface area contributed by atoms with E-state index in [1.165, 1.54) is 0 Å². The van der Waals surface area contributed by atoms with Gasteiger partial charge in [0.15, 0.2) is 5.76 Å². The quantitative estimate of drug-likeness (QED) is 0.554. The molecule has 1 aromatic rings. The van der Waals surface area contributed by atoms with Gasteiger partial charge in [0.1, 0.15) is 5.76 Å². The van der Waals surface area contributed by atoms with Crippen LogP contribution in [-0.2, 0) is 16.1 Å². The van der Waals surface area contributed by atoms with Gasteiger partial charge in [-0.2, -0.15) is 0 Å². The van der Waals surface area contributed by atoms with Gasteiger partial charge >= 0.3 is 5.97 Å². The Labute approximate surface area is 105 Å². The number of hydrogen-bond donors (Lipinski definition) is 2. The Hall–Kier alpha value is -1.82. The van der Waals surface area contributed by atoms with E-state index >= 15 is 0 Å². The average molecular weight is 254 g/mol. The van der Waals surface area contributed by atoms with Crippen molar-refractivity contribution < 1.29 is 18.7 Å². The summed E-state index contributed by atoms with van der Waals surface area (Å²) in [5.41, 5.74) is 5.37. The average Bonchev–Trinajstić information content (AvgIpc) is 2.83. The van der Waals surface area contributed by atoms with Crippen molar-refractivity contribution in [1.29, 1.82) is 0 Å². The summed E-state index contributed by atoms with van der Waals surface area (Å²) in [7, 11) is 0. The lowest BCUT2D eigenvalue weighted by Crippen LogP contribution is -2.24. The Bertz CT molecular complexity index is 401. The van der Waals surface area contributed by atoms with E-state index in [0.29, 0.717) is 31.8 Å². The van der Waals surface area contributed by atoms with E-state index in [9.17, 15) is 9.59 Å². The Kier molecular flexibility index (Phi) is 5.93. The third-order valence-corrected chi connectivity index (χ3v) is 2.24. The third kappa shape index (κ3) is 4.58. The molecular weight excluding hydrogens is 236 g/mol. The molecule has 3 N–H and O–H groups in total. The first-order valence-electron chi connectivity index (χ1n) is 5.90. The minimum atomic E-state index is -0.307. The maximum atomic E-state index is 11.6. The van der Waals surface area contributed by atoms with Crippen LogP contribution in [0, 0.1) is 0 Å². The summed E-state index contributed by atoms with van der Waals surface area (Å²) in [5, 5.41) is 2.65. The van der Waals surface area contributed by atoms with Gasteiger partial charge in [0.05, 0.1) is 13.2 Å². The minimum absolute atomic E-state index is 0.228. The molecule has 0 atom stereocenters. The van der Waals surface area contributed by atoms with Crippen LogP contribution >= 0.6 is 0 Å². The molecule has 0 saturated carbocycles. The van der Waals surface area contributed by atoms with Crippen LogP contribution in [0.25, 0.3) is 0 Å². The van der Waals surface area contributed by atoms with Crippen LogP contribution in [0.5, 0.6) is 0 Å². The Morgan fingerprint density at radius 2 is 2.22 bits per heavy atom. The number of amides is 1. The largest absolute Gasteiger partial charge is 0.466 e. The molecule has 0 unspecified atom stereocenters. The van der Waals surface area contributed by atoms with E-state index < -0.39 is 0 Å². The van der Waals surface area contributed by atoms with Crippen molar-refractivity contribution >= 4 is 11.9 Å². The molecule has 0 aromatic carbocycles. The summed E-state index contributed by atoms with van der Waals surface area (Å²) in [5.74, 6) is 0.229. The lowest BCUT2D eigenvalue weighted by molar-refractivity contribution is -0.143. The van der Waals surface area contributed by atoms with Gasteiger partial charge in [0, 0.05) is 13.0 Å². The van der Waals surface area contributed by atoms with Gasteiger partial charge < -0.3 is 20.2 Å². The monoisotopic (exact) mass is 254 g/mol. The highest BCUT2D eigenvalue weighted by Crippen LogP contribution is 2.06. The maximum absolute atomic E-state index is 11.6. The number of nitrogens with one attached hydrogen (secondary N) is 1. The molecule has 100 valence electrons. The van der Waals surface area contributed by atoms with Crippen LogP contribution in [0.4, 0.5) is 0 Å². The molecule has 0 fully saturated rings. The van der Waals surface area contributed by atoms with Crippen molar-refractivity contribution in [2.75, 3.05) is 13.2 Å². The van der Waals surface area contributed by atoms with Gasteiger partial charge in [0.2, 0.25) is 0 Å². The topological polar surface area (TPSA) is 94.6 Å². The van der Waals surface area contributed by atoms with Crippen LogP contribution in [0.3, 0.4) is 0 Å². The molecule has 1 aromatic heterocycles. The number of ether oxygens (including phenoxy) is 1. The highest BCUT2D eigenvalue weighted by Gasteiger charge is 2.10. The van der Waals surface area contributed by atoms with Gasteiger partial charge in [-0.15, -0.1) is 0 Å². The van der Waals surface area contributed by atoms with E-state index in [0.717, 1.165) is 0 Å². The first kappa shape index (κ1) is 14.2. The standard InChI is InChI=1S/C12H18N2O4/c1-2-17-11(15)4-3-7-14-12(16)10-6-5-9(8-13)18-10/h5-6H,2-4,7-8,13H2,1H3,(H,14,16). The van der Waals surface area contributed by atoms with E-state index in [-0.39, 0.29) is 24.2 Å². The molecule has 1 rings (SSSR count). The Balaban J connectivity index is 2.23. The van der Waals surface area contributed by atoms with E-state index in [1.54, 1.807) is 19.1 Å². The fourth-order valence-corrected chi connectivity index (χ4v) is 1.36. The second kappa shape index (κ2) is 7.50. The SMILES string of the molecule is CCOC(=O)CCCNC(=O)c1ccc(CN)o1. The first-order chi connectivity index (χ1) is 8.67. The van der Waals surface area contributed by atoms with Crippen molar-refractivity contribution in [2.24, 2.45) is 5.73 Å². The zero-order valence-corrected chi connectivity index (χ0v) is 10.4. The van der Waals surface area contributed by atoms with Crippen molar-refractivity contribution in [3.63, 3.8) is 0 Å². The van der Waals surface area contributed by atoms with Crippen molar-refractivity contribution in [3.8, 4) is 0 Å². The molecule has 1 heterocycles. The molecular formula is C12H18N2O4. The van der Waals surface area contributed by atoms with E-state index in [4.69, 9.17) is 14.9 Å². The molecule has 0 saturated heterocycles. The summed E-state index contributed by atoms with van der Waals surface area (Å²) in [4.78, 5) is 22.6. The zero-order valence-electron chi connectivity index (χ0n) is 10.4. The van der Waals surface area contributed by atoms with Gasteiger partial charge in [-0.3, -0.25) is 9.59 Å². The number of carbonyl (C=O) groups is 2. The van der Waals surface area contributed by atoms with Gasteiger partial charge in [-0.25, -0.2) is 0 Å². The number of hydrogen-bond acceptors (Lipinski definition) is 5. The molecule has 0 aliphatic rings. The van der Waals surface area contributed by atoms with Crippen LogP contribution < -0.4 is 11.1 Å². The number of rotatable bonds is 7. The maximum Gasteiger partial charge on any atom is 0.305 e. The second-order valence-corrected chi connectivity index (χ2v) is 3.63. The summed E-state index contributed by atoms with van der Waals surface area (Å²) in [6.07, 6.45) is 0.829. The first-order valence-corrected chi connectivity index (χ1v) is 5.90. The second-order valence-electron chi connectivity index (χ2n) is 3.63. The summed E-state index contributed by atoms with van der Waals surface area (Å²) >= 11 is 0. The zero-order chi connectivity index (χ0) is 13.4. The Morgan fingerprint density at radius 3 is 2.83 bits per heavy atom. The van der Waals surface area contributed by atoms with Crippen LogP contribution in [0.1, 0.15) is 36.1 Å². The molecule has 0 bridgehead atoms. The number of esters is 1. The highest BCUT2D eigenvalue weighted by atomic mass is 16.5. The molecule has 18 heavy (non-hydrogen) atoms. The fourth-order valence-electron chi connectivity index (χ4n) is 1.36. The number of nitrogens with two attached hydrogens (primary N) is 1. The van der Waals surface area contributed by atoms with Crippen LogP contribution in [-0.4, -0.2) is 25.0 Å².